The van der Waals surface area contributed by atoms with E-state index >= 15 is 0 Å². The normalized spacial score (nSPS) is 21.3. The smallest absolute Gasteiger partial charge is 0.312 e. The topological polar surface area (TPSA) is 90.0 Å². The molecule has 4 amide bonds. The fraction of sp³-hybridized carbons (Fsp3) is 0.500. The second-order valence-corrected chi connectivity index (χ2v) is 9.29. The van der Waals surface area contributed by atoms with Crippen LogP contribution in [0.15, 0.2) is 23.1 Å². The van der Waals surface area contributed by atoms with Crippen LogP contribution in [0.2, 0.25) is 5.02 Å². The van der Waals surface area contributed by atoms with E-state index in [-0.39, 0.29) is 18.2 Å². The maximum atomic E-state index is 12.7. The van der Waals surface area contributed by atoms with Crippen molar-refractivity contribution in [2.24, 2.45) is 0 Å². The van der Waals surface area contributed by atoms with Crippen LogP contribution in [0.3, 0.4) is 0 Å². The maximum absolute atomic E-state index is 12.7. The summed E-state index contributed by atoms with van der Waals surface area (Å²) in [6.07, 6.45) is 1.95. The second kappa shape index (κ2) is 8.85. The number of amides is 4. The number of rotatable bonds is 2. The Labute approximate surface area is 183 Å². The second-order valence-electron chi connectivity index (χ2n) is 7.61. The van der Waals surface area contributed by atoms with Crippen molar-refractivity contribution in [2.45, 2.75) is 29.4 Å². The molecule has 1 N–H and O–H groups in total. The molecule has 1 aromatic carbocycles. The summed E-state index contributed by atoms with van der Waals surface area (Å²) in [4.78, 5) is 55.5. The first kappa shape index (κ1) is 21.0. The number of anilines is 1. The van der Waals surface area contributed by atoms with Crippen molar-refractivity contribution in [3.8, 4) is 0 Å². The Kier molecular flexibility index (Phi) is 6.19. The Morgan fingerprint density at radius 1 is 0.967 bits per heavy atom. The average molecular weight is 451 g/mol. The summed E-state index contributed by atoms with van der Waals surface area (Å²) in [7, 11) is 0. The number of hydrogen-bond acceptors (Lipinski definition) is 5. The highest BCUT2D eigenvalue weighted by atomic mass is 35.5. The van der Waals surface area contributed by atoms with E-state index in [9.17, 15) is 19.2 Å². The van der Waals surface area contributed by atoms with Crippen LogP contribution < -0.4 is 5.32 Å². The fourth-order valence-corrected chi connectivity index (χ4v) is 5.15. The molecule has 1 unspecified atom stereocenters. The third kappa shape index (κ3) is 4.41. The van der Waals surface area contributed by atoms with Crippen molar-refractivity contribution >= 4 is 52.7 Å². The van der Waals surface area contributed by atoms with Crippen molar-refractivity contribution in [3.05, 3.63) is 23.2 Å². The Morgan fingerprint density at radius 3 is 2.23 bits per heavy atom. The van der Waals surface area contributed by atoms with Crippen LogP contribution in [-0.2, 0) is 19.2 Å². The Hall–Kier alpha value is -2.26. The monoisotopic (exact) mass is 450 g/mol. The molecule has 2 fully saturated rings. The zero-order valence-corrected chi connectivity index (χ0v) is 18.0. The van der Waals surface area contributed by atoms with Gasteiger partial charge in [0.1, 0.15) is 0 Å². The van der Waals surface area contributed by atoms with E-state index in [1.165, 1.54) is 16.7 Å². The molecule has 8 nitrogen and oxygen atoms in total. The van der Waals surface area contributed by atoms with Crippen molar-refractivity contribution in [3.63, 3.8) is 0 Å². The summed E-state index contributed by atoms with van der Waals surface area (Å²) >= 11 is 7.32. The van der Waals surface area contributed by atoms with Crippen LogP contribution in [0.5, 0.6) is 0 Å². The molecular formula is C20H23ClN4O4S. The molecule has 0 aliphatic carbocycles. The quantitative estimate of drug-likeness (QED) is 0.688. The molecule has 2 saturated heterocycles. The number of carbonyl (C=O) groups excluding carboxylic acids is 4. The van der Waals surface area contributed by atoms with Gasteiger partial charge in [-0.3, -0.25) is 19.2 Å². The number of fused-ring (bicyclic) bond motifs is 1. The molecule has 3 heterocycles. The lowest BCUT2D eigenvalue weighted by atomic mass is 10.2. The number of carbonyl (C=O) groups is 4. The van der Waals surface area contributed by atoms with Crippen molar-refractivity contribution in [2.75, 3.05) is 44.6 Å². The zero-order chi connectivity index (χ0) is 21.3. The van der Waals surface area contributed by atoms with Gasteiger partial charge in [-0.2, -0.15) is 0 Å². The molecule has 1 aromatic rings. The lowest BCUT2D eigenvalue weighted by molar-refractivity contribution is -0.153. The minimum atomic E-state index is -0.511. The molecule has 3 aliphatic heterocycles. The molecule has 3 aliphatic rings. The molecule has 0 radical (unpaired) electrons. The van der Waals surface area contributed by atoms with Gasteiger partial charge in [-0.25, -0.2) is 0 Å². The standard InChI is InChI=1S/C20H23ClN4O4S/c21-13-3-4-15-14(11-13)22-18(27)16(30-15)12-17(26)23-7-9-25(10-8-23)20(29)19(28)24-5-1-2-6-24/h3-4,11,16H,1-2,5-10,12H2,(H,22,27). The van der Waals surface area contributed by atoms with Crippen molar-refractivity contribution in [1.29, 1.82) is 0 Å². The van der Waals surface area contributed by atoms with Gasteiger partial charge >= 0.3 is 11.8 Å². The molecule has 30 heavy (non-hydrogen) atoms. The highest BCUT2D eigenvalue weighted by molar-refractivity contribution is 8.01. The molecule has 0 aromatic heterocycles. The molecular weight excluding hydrogens is 428 g/mol. The molecule has 4 rings (SSSR count). The van der Waals surface area contributed by atoms with E-state index in [2.05, 4.69) is 5.32 Å². The number of hydrogen-bond donors (Lipinski definition) is 1. The van der Waals surface area contributed by atoms with Crippen molar-refractivity contribution < 1.29 is 19.2 Å². The van der Waals surface area contributed by atoms with Crippen LogP contribution in [0.4, 0.5) is 5.69 Å². The van der Waals surface area contributed by atoms with Gasteiger partial charge < -0.3 is 20.0 Å². The highest BCUT2D eigenvalue weighted by Gasteiger charge is 2.34. The molecule has 10 heteroatoms. The first-order valence-corrected chi connectivity index (χ1v) is 11.3. The predicted molar refractivity (Wildman–Crippen MR) is 113 cm³/mol. The highest BCUT2D eigenvalue weighted by Crippen LogP contribution is 2.38. The Balaban J connectivity index is 1.29. The van der Waals surface area contributed by atoms with Crippen LogP contribution in [-0.4, -0.2) is 82.8 Å². The van der Waals surface area contributed by atoms with Crippen LogP contribution in [0.25, 0.3) is 0 Å². The van der Waals surface area contributed by atoms with Gasteiger partial charge in [0.15, 0.2) is 0 Å². The van der Waals surface area contributed by atoms with E-state index in [1.807, 2.05) is 6.07 Å². The third-order valence-electron chi connectivity index (χ3n) is 5.62. The predicted octanol–water partition coefficient (Wildman–Crippen LogP) is 1.44. The Bertz CT molecular complexity index is 882. The number of likely N-dealkylation sites (tertiary alicyclic amines) is 1. The van der Waals surface area contributed by atoms with Gasteiger partial charge in [-0.05, 0) is 31.0 Å². The summed E-state index contributed by atoms with van der Waals surface area (Å²) in [5.41, 5.74) is 0.663. The van der Waals surface area contributed by atoms with E-state index in [0.717, 1.165) is 17.7 Å². The average Bonchev–Trinajstić information content (AvgIpc) is 3.28. The first-order valence-electron chi connectivity index (χ1n) is 10.1. The van der Waals surface area contributed by atoms with Gasteiger partial charge in [0.05, 0.1) is 10.9 Å². The van der Waals surface area contributed by atoms with Gasteiger partial charge in [0, 0.05) is 55.6 Å². The summed E-state index contributed by atoms with van der Waals surface area (Å²) in [6, 6.07) is 5.28. The largest absolute Gasteiger partial charge is 0.339 e. The molecule has 0 saturated carbocycles. The number of thioether (sulfide) groups is 1. The summed E-state index contributed by atoms with van der Waals surface area (Å²) in [5.74, 6) is -1.27. The fourth-order valence-electron chi connectivity index (χ4n) is 3.89. The van der Waals surface area contributed by atoms with E-state index in [0.29, 0.717) is 50.0 Å². The van der Waals surface area contributed by atoms with Crippen LogP contribution in [0.1, 0.15) is 19.3 Å². The minimum absolute atomic E-state index is 0.0826. The summed E-state index contributed by atoms with van der Waals surface area (Å²) in [5, 5.41) is 2.84. The maximum Gasteiger partial charge on any atom is 0.312 e. The third-order valence-corrected chi connectivity index (χ3v) is 7.13. The number of halogens is 1. The lowest BCUT2D eigenvalue weighted by Crippen LogP contribution is -2.54. The molecule has 0 spiro atoms. The van der Waals surface area contributed by atoms with E-state index in [1.54, 1.807) is 21.9 Å². The first-order chi connectivity index (χ1) is 14.4. The lowest BCUT2D eigenvalue weighted by Gasteiger charge is -2.35. The number of nitrogens with one attached hydrogen (secondary N) is 1. The number of piperazine rings is 1. The van der Waals surface area contributed by atoms with Gasteiger partial charge in [-0.15, -0.1) is 11.8 Å². The number of benzene rings is 1. The van der Waals surface area contributed by atoms with Crippen molar-refractivity contribution in [1.82, 2.24) is 14.7 Å². The van der Waals surface area contributed by atoms with Crippen LogP contribution >= 0.6 is 23.4 Å². The minimum Gasteiger partial charge on any atom is -0.339 e. The van der Waals surface area contributed by atoms with E-state index in [4.69, 9.17) is 11.6 Å². The number of nitrogens with zero attached hydrogens (tertiary/aromatic N) is 3. The molecule has 160 valence electrons. The Morgan fingerprint density at radius 2 is 1.57 bits per heavy atom. The van der Waals surface area contributed by atoms with Gasteiger partial charge in [-0.1, -0.05) is 11.6 Å². The summed E-state index contributed by atoms with van der Waals surface area (Å²) in [6.45, 7) is 2.66. The zero-order valence-electron chi connectivity index (χ0n) is 16.4. The van der Waals surface area contributed by atoms with Gasteiger partial charge in [0.25, 0.3) is 0 Å². The molecule has 0 bridgehead atoms. The van der Waals surface area contributed by atoms with E-state index < -0.39 is 17.1 Å². The summed E-state index contributed by atoms with van der Waals surface area (Å²) < 4.78 is 0. The molecule has 1 atom stereocenters. The van der Waals surface area contributed by atoms with Crippen LogP contribution in [0, 0.1) is 0 Å². The SMILES string of the molecule is O=C1Nc2cc(Cl)ccc2SC1CC(=O)N1CCN(C(=O)C(=O)N2CCCC2)CC1. The van der Waals surface area contributed by atoms with Gasteiger partial charge in [0.2, 0.25) is 11.8 Å².